The molecule has 0 bridgehead atoms. The van der Waals surface area contributed by atoms with E-state index in [2.05, 4.69) is 20.2 Å². The predicted octanol–water partition coefficient (Wildman–Crippen LogP) is 0.779. The molecule has 5 heteroatoms. The summed E-state index contributed by atoms with van der Waals surface area (Å²) in [5.41, 5.74) is 1.15. The summed E-state index contributed by atoms with van der Waals surface area (Å²) >= 11 is 0. The van der Waals surface area contributed by atoms with Crippen LogP contribution in [0.5, 0.6) is 0 Å². The molecule has 98 valence electrons. The molecular formula is C13H20N4O. The maximum Gasteiger partial charge on any atom is 0.151 e. The van der Waals surface area contributed by atoms with Crippen LogP contribution in [-0.4, -0.2) is 49.4 Å². The molecule has 1 atom stereocenters. The molecule has 1 aromatic heterocycles. The van der Waals surface area contributed by atoms with Gasteiger partial charge in [-0.2, -0.15) is 0 Å². The average molecular weight is 248 g/mol. The van der Waals surface area contributed by atoms with E-state index >= 15 is 0 Å². The number of hydrogen-bond donors (Lipinski definition) is 1. The first-order chi connectivity index (χ1) is 8.90. The Kier molecular flexibility index (Phi) is 3.43. The van der Waals surface area contributed by atoms with Crippen LogP contribution in [0.1, 0.15) is 24.5 Å². The van der Waals surface area contributed by atoms with Crippen molar-refractivity contribution in [3.05, 3.63) is 18.1 Å². The maximum absolute atomic E-state index is 5.32. The molecule has 2 saturated heterocycles. The van der Waals surface area contributed by atoms with Crippen LogP contribution in [0.15, 0.2) is 12.4 Å². The highest BCUT2D eigenvalue weighted by molar-refractivity contribution is 5.48. The van der Waals surface area contributed by atoms with E-state index in [0.717, 1.165) is 37.8 Å². The molecule has 3 heterocycles. The fraction of sp³-hybridized carbons (Fsp3) is 0.692. The average Bonchev–Trinajstić information content (AvgIpc) is 2.76. The van der Waals surface area contributed by atoms with Gasteiger partial charge in [0.15, 0.2) is 5.82 Å². The zero-order valence-corrected chi connectivity index (χ0v) is 10.8. The van der Waals surface area contributed by atoms with Gasteiger partial charge in [-0.25, -0.2) is 4.98 Å². The number of rotatable bonds is 4. The molecule has 0 aromatic carbocycles. The minimum absolute atomic E-state index is 0.457. The fourth-order valence-corrected chi connectivity index (χ4v) is 2.81. The lowest BCUT2D eigenvalue weighted by Crippen LogP contribution is -2.42. The first kappa shape index (κ1) is 11.9. The van der Waals surface area contributed by atoms with E-state index in [1.54, 1.807) is 19.5 Å². The lowest BCUT2D eigenvalue weighted by Gasteiger charge is -2.32. The second-order valence-corrected chi connectivity index (χ2v) is 5.07. The number of aromatic nitrogens is 2. The van der Waals surface area contributed by atoms with Crippen LogP contribution in [-0.2, 0) is 4.74 Å². The van der Waals surface area contributed by atoms with Gasteiger partial charge in [0.2, 0.25) is 0 Å². The Bertz CT molecular complexity index is 408. The molecule has 1 unspecified atom stereocenters. The highest BCUT2D eigenvalue weighted by Crippen LogP contribution is 2.31. The standard InChI is InChI=1S/C13H20N4O/c1-18-9-11-3-2-6-17(11)13-12(10-7-14-8-10)15-4-5-16-13/h4-5,10-11,14H,2-3,6-9H2,1H3. The van der Waals surface area contributed by atoms with Gasteiger partial charge >= 0.3 is 0 Å². The van der Waals surface area contributed by atoms with Crippen molar-refractivity contribution in [3.8, 4) is 0 Å². The fourth-order valence-electron chi connectivity index (χ4n) is 2.81. The molecule has 0 amide bonds. The molecule has 2 fully saturated rings. The van der Waals surface area contributed by atoms with E-state index in [9.17, 15) is 0 Å². The molecule has 0 spiro atoms. The van der Waals surface area contributed by atoms with Crippen LogP contribution in [0.3, 0.4) is 0 Å². The van der Waals surface area contributed by atoms with Gasteiger partial charge in [0.1, 0.15) is 0 Å². The van der Waals surface area contributed by atoms with E-state index in [1.807, 2.05) is 0 Å². The SMILES string of the molecule is COCC1CCCN1c1nccnc1C1CNC1. The zero-order valence-electron chi connectivity index (χ0n) is 10.8. The third-order valence-electron chi connectivity index (χ3n) is 3.88. The Morgan fingerprint density at radius 3 is 2.94 bits per heavy atom. The molecule has 3 rings (SSSR count). The summed E-state index contributed by atoms with van der Waals surface area (Å²) in [6.45, 7) is 3.89. The second kappa shape index (κ2) is 5.20. The lowest BCUT2D eigenvalue weighted by molar-refractivity contribution is 0.180. The topological polar surface area (TPSA) is 50.3 Å². The summed E-state index contributed by atoms with van der Waals surface area (Å²) < 4.78 is 5.32. The number of nitrogens with zero attached hydrogens (tertiary/aromatic N) is 3. The van der Waals surface area contributed by atoms with Gasteiger partial charge in [-0.1, -0.05) is 0 Å². The summed E-state index contributed by atoms with van der Waals surface area (Å²) in [6.07, 6.45) is 6.01. The van der Waals surface area contributed by atoms with Gasteiger partial charge in [-0.05, 0) is 12.8 Å². The van der Waals surface area contributed by atoms with Gasteiger partial charge in [-0.15, -0.1) is 0 Å². The van der Waals surface area contributed by atoms with Crippen LogP contribution in [0.2, 0.25) is 0 Å². The largest absolute Gasteiger partial charge is 0.383 e. The van der Waals surface area contributed by atoms with Crippen LogP contribution in [0, 0.1) is 0 Å². The number of hydrogen-bond acceptors (Lipinski definition) is 5. The minimum Gasteiger partial charge on any atom is -0.383 e. The summed E-state index contributed by atoms with van der Waals surface area (Å²) in [6, 6.07) is 0.457. The van der Waals surface area contributed by atoms with Crippen LogP contribution < -0.4 is 10.2 Å². The first-order valence-electron chi connectivity index (χ1n) is 6.67. The maximum atomic E-state index is 5.32. The summed E-state index contributed by atoms with van der Waals surface area (Å²) in [5.74, 6) is 1.60. The van der Waals surface area contributed by atoms with Crippen molar-refractivity contribution in [3.63, 3.8) is 0 Å². The van der Waals surface area contributed by atoms with Crippen molar-refractivity contribution < 1.29 is 4.74 Å². The molecule has 1 N–H and O–H groups in total. The van der Waals surface area contributed by atoms with Gasteiger partial charge in [0.05, 0.1) is 18.3 Å². The highest BCUT2D eigenvalue weighted by atomic mass is 16.5. The Morgan fingerprint density at radius 2 is 2.22 bits per heavy atom. The van der Waals surface area contributed by atoms with Crippen molar-refractivity contribution in [1.82, 2.24) is 15.3 Å². The Morgan fingerprint density at radius 1 is 1.39 bits per heavy atom. The van der Waals surface area contributed by atoms with Crippen molar-refractivity contribution in [2.75, 3.05) is 38.3 Å². The quantitative estimate of drug-likeness (QED) is 0.853. The van der Waals surface area contributed by atoms with E-state index in [4.69, 9.17) is 4.74 Å². The summed E-state index contributed by atoms with van der Waals surface area (Å²) in [5, 5.41) is 3.30. The van der Waals surface area contributed by atoms with Crippen molar-refractivity contribution in [2.45, 2.75) is 24.8 Å². The normalized spacial score (nSPS) is 24.3. The van der Waals surface area contributed by atoms with Crippen molar-refractivity contribution in [2.24, 2.45) is 0 Å². The van der Waals surface area contributed by atoms with Gasteiger partial charge < -0.3 is 15.0 Å². The van der Waals surface area contributed by atoms with Gasteiger partial charge in [0.25, 0.3) is 0 Å². The summed E-state index contributed by atoms with van der Waals surface area (Å²) in [4.78, 5) is 11.5. The van der Waals surface area contributed by atoms with Crippen LogP contribution in [0.4, 0.5) is 5.82 Å². The molecule has 0 saturated carbocycles. The summed E-state index contributed by atoms with van der Waals surface area (Å²) in [7, 11) is 1.77. The lowest BCUT2D eigenvalue weighted by atomic mass is 9.98. The van der Waals surface area contributed by atoms with Gasteiger partial charge in [0, 0.05) is 45.1 Å². The van der Waals surface area contributed by atoms with Crippen LogP contribution in [0.25, 0.3) is 0 Å². The minimum atomic E-state index is 0.457. The van der Waals surface area contributed by atoms with Gasteiger partial charge in [-0.3, -0.25) is 4.98 Å². The third-order valence-corrected chi connectivity index (χ3v) is 3.88. The number of ether oxygens (including phenoxy) is 1. The molecule has 18 heavy (non-hydrogen) atoms. The number of nitrogens with one attached hydrogen (secondary N) is 1. The molecule has 2 aliphatic heterocycles. The van der Waals surface area contributed by atoms with E-state index in [-0.39, 0.29) is 0 Å². The monoisotopic (exact) mass is 248 g/mol. The zero-order chi connectivity index (χ0) is 12.4. The molecule has 0 radical (unpaired) electrons. The molecule has 5 nitrogen and oxygen atoms in total. The second-order valence-electron chi connectivity index (χ2n) is 5.07. The molecule has 2 aliphatic rings. The van der Waals surface area contributed by atoms with Crippen LogP contribution >= 0.6 is 0 Å². The predicted molar refractivity (Wildman–Crippen MR) is 69.9 cm³/mol. The van der Waals surface area contributed by atoms with Crippen molar-refractivity contribution in [1.29, 1.82) is 0 Å². The Balaban J connectivity index is 1.86. The Labute approximate surface area is 108 Å². The molecular weight excluding hydrogens is 228 g/mol. The van der Waals surface area contributed by atoms with E-state index < -0.39 is 0 Å². The van der Waals surface area contributed by atoms with Crippen molar-refractivity contribution >= 4 is 5.82 Å². The Hall–Kier alpha value is -1.20. The number of anilines is 1. The smallest absolute Gasteiger partial charge is 0.151 e. The van der Waals surface area contributed by atoms with E-state index in [0.29, 0.717) is 12.0 Å². The molecule has 0 aliphatic carbocycles. The molecule has 1 aromatic rings. The first-order valence-corrected chi connectivity index (χ1v) is 6.67. The van der Waals surface area contributed by atoms with E-state index in [1.165, 1.54) is 12.8 Å². The number of methoxy groups -OCH3 is 1. The highest BCUT2D eigenvalue weighted by Gasteiger charge is 2.31. The third kappa shape index (κ3) is 2.08.